The Hall–Kier alpha value is -3.29. The van der Waals surface area contributed by atoms with E-state index in [2.05, 4.69) is 140 Å². The molecule has 0 bridgehead atoms. The van der Waals surface area contributed by atoms with Crippen LogP contribution >= 0.6 is 7.92 Å². The molecule has 38 heavy (non-hydrogen) atoms. The summed E-state index contributed by atoms with van der Waals surface area (Å²) in [5.74, 6) is 0. The molecule has 0 N–H and O–H groups in total. The fourth-order valence-corrected chi connectivity index (χ4v) is 7.23. The molecule has 0 radical (unpaired) electrons. The predicted octanol–water partition coefficient (Wildman–Crippen LogP) is 8.21. The van der Waals surface area contributed by atoms with Crippen LogP contribution in [0.1, 0.15) is 11.1 Å². The Labute approximate surface area is 234 Å². The maximum atomic E-state index is 9.75. The molecule has 1 aliphatic carbocycles. The molecule has 1 aliphatic rings. The van der Waals surface area contributed by atoms with Crippen molar-refractivity contribution < 1.29 is 26.4 Å². The Morgan fingerprint density at radius 2 is 1.24 bits per heavy atom. The van der Waals surface area contributed by atoms with Gasteiger partial charge in [-0.1, -0.05) is 102 Å². The Morgan fingerprint density at radius 1 is 0.658 bits per heavy atom. The Morgan fingerprint density at radius 3 is 1.92 bits per heavy atom. The van der Waals surface area contributed by atoms with Crippen LogP contribution in [0.3, 0.4) is 0 Å². The van der Waals surface area contributed by atoms with Crippen LogP contribution in [0.5, 0.6) is 0 Å². The second-order valence-electron chi connectivity index (χ2n) is 8.82. The molecule has 0 nitrogen and oxygen atoms in total. The number of fused-ring (bicyclic) bond motifs is 4. The van der Waals surface area contributed by atoms with Gasteiger partial charge in [-0.05, 0) is 25.0 Å². The summed E-state index contributed by atoms with van der Waals surface area (Å²) in [5.41, 5.74) is 5.51. The smallest absolute Gasteiger partial charge is 0.0166 e. The maximum absolute atomic E-state index is 9.75. The van der Waals surface area contributed by atoms with Crippen molar-refractivity contribution in [3.05, 3.63) is 157 Å². The van der Waals surface area contributed by atoms with Gasteiger partial charge in [0.05, 0.1) is 0 Å². The summed E-state index contributed by atoms with van der Waals surface area (Å²) >= 11 is -2.50. The third-order valence-corrected chi connectivity index (χ3v) is 8.91. The summed E-state index contributed by atoms with van der Waals surface area (Å²) in [7, 11) is -0.493. The topological polar surface area (TPSA) is 0 Å². The third-order valence-electron chi connectivity index (χ3n) is 6.51. The molecule has 0 heterocycles. The van der Waals surface area contributed by atoms with Gasteiger partial charge in [0.1, 0.15) is 0 Å². The van der Waals surface area contributed by atoms with E-state index in [0.29, 0.717) is 0 Å². The molecule has 0 aromatic heterocycles. The zero-order chi connectivity index (χ0) is 26.2. The van der Waals surface area contributed by atoms with Crippen LogP contribution in [0, 0.1) is 6.07 Å². The van der Waals surface area contributed by atoms with Crippen molar-refractivity contribution in [3.63, 3.8) is 0 Å². The Balaban J connectivity index is 0.000000155. The van der Waals surface area contributed by atoms with Crippen molar-refractivity contribution in [1.82, 2.24) is 0 Å². The van der Waals surface area contributed by atoms with E-state index >= 15 is 0 Å². The van der Waals surface area contributed by atoms with Crippen molar-refractivity contribution in [2.75, 3.05) is 0 Å². The SMILES string of the molecule is [F][Ti][F].[c-]1cccc2c1Cc1ccccc1-2.c1ccc(P(c2ccccc2)c2cc3ccccc3[cH-]2)cc1. The zero-order valence-electron chi connectivity index (χ0n) is 20.7. The van der Waals surface area contributed by atoms with E-state index in [0.717, 1.165) is 6.42 Å². The second kappa shape index (κ2) is 13.0. The largest absolute Gasteiger partial charge is 0.179 e. The van der Waals surface area contributed by atoms with E-state index in [1.54, 1.807) is 0 Å². The number of halogens is 2. The molecule has 6 aromatic rings. The van der Waals surface area contributed by atoms with Crippen LogP contribution in [0.25, 0.3) is 21.9 Å². The first-order valence-corrected chi connectivity index (χ1v) is 14.9. The van der Waals surface area contributed by atoms with Crippen LogP contribution in [-0.2, 0) is 26.6 Å². The van der Waals surface area contributed by atoms with Gasteiger partial charge in [-0.2, -0.15) is 35.9 Å². The minimum absolute atomic E-state index is 0.493. The first-order chi connectivity index (χ1) is 18.8. The predicted molar refractivity (Wildman–Crippen MR) is 154 cm³/mol. The van der Waals surface area contributed by atoms with Gasteiger partial charge in [-0.3, -0.25) is 0 Å². The van der Waals surface area contributed by atoms with E-state index < -0.39 is 28.1 Å². The number of hydrogen-bond donors (Lipinski definition) is 0. The number of rotatable bonds is 3. The van der Waals surface area contributed by atoms with Gasteiger partial charge in [-0.15, -0.1) is 45.9 Å². The standard InChI is InChI=1S/C21H16P.C13H9.2FH.Ti/c1-3-11-19(12-4-1)22(20-13-5-2-6-14-20)21-15-17-9-7-8-10-18(17)16-21;1-3-7-12-10(5-1)9-11-6-2-4-8-13(11)12;;;/h1-16H;1-5,7-8H,9H2;2*1H;/q2*-1;;;+2/p-2. The molecule has 4 heteroatoms. The maximum Gasteiger partial charge on any atom is -0.0166 e. The van der Waals surface area contributed by atoms with E-state index in [1.165, 1.54) is 48.9 Å². The molecule has 0 aliphatic heterocycles. The molecule has 6 aromatic carbocycles. The van der Waals surface area contributed by atoms with Crippen molar-refractivity contribution in [2.24, 2.45) is 0 Å². The minimum atomic E-state index is -2.50. The molecule has 0 amide bonds. The monoisotopic (exact) mass is 550 g/mol. The van der Waals surface area contributed by atoms with Crippen LogP contribution in [-0.4, -0.2) is 0 Å². The quantitative estimate of drug-likeness (QED) is 0.118. The van der Waals surface area contributed by atoms with Crippen LogP contribution in [0.15, 0.2) is 140 Å². The fourth-order valence-electron chi connectivity index (χ4n) is 4.86. The molecule has 0 fully saturated rings. The van der Waals surface area contributed by atoms with Gasteiger partial charge in [0.25, 0.3) is 0 Å². The second-order valence-corrected chi connectivity index (χ2v) is 11.3. The van der Waals surface area contributed by atoms with Crippen LogP contribution in [0.4, 0.5) is 6.18 Å². The molecule has 186 valence electrons. The van der Waals surface area contributed by atoms with E-state index in [-0.39, 0.29) is 0 Å². The molecular formula is C34H25F2PTi-2. The summed E-state index contributed by atoms with van der Waals surface area (Å²) < 4.78 is 19.5. The molecule has 0 unspecified atom stereocenters. The molecule has 0 saturated heterocycles. The first kappa shape index (κ1) is 26.3. The van der Waals surface area contributed by atoms with Gasteiger partial charge in [0.2, 0.25) is 0 Å². The van der Waals surface area contributed by atoms with Crippen molar-refractivity contribution in [1.29, 1.82) is 0 Å². The first-order valence-electron chi connectivity index (χ1n) is 12.4. The molecular weight excluding hydrogens is 525 g/mol. The van der Waals surface area contributed by atoms with E-state index in [4.69, 9.17) is 0 Å². The summed E-state index contributed by atoms with van der Waals surface area (Å²) in [6, 6.07) is 53.1. The van der Waals surface area contributed by atoms with Crippen LogP contribution in [0.2, 0.25) is 0 Å². The number of benzene rings is 5. The molecule has 7 rings (SSSR count). The summed E-state index contributed by atoms with van der Waals surface area (Å²) in [6.45, 7) is 0. The van der Waals surface area contributed by atoms with Gasteiger partial charge < -0.3 is 0 Å². The normalized spacial score (nSPS) is 11.0. The van der Waals surface area contributed by atoms with Crippen molar-refractivity contribution in [2.45, 2.75) is 6.42 Å². The Kier molecular flexibility index (Phi) is 9.00. The van der Waals surface area contributed by atoms with Crippen LogP contribution < -0.4 is 15.9 Å². The Bertz CT molecular complexity index is 1480. The minimum Gasteiger partial charge on any atom is -0.179 e. The molecule has 0 atom stereocenters. The van der Waals surface area contributed by atoms with Gasteiger partial charge in [-0.25, -0.2) is 0 Å². The van der Waals surface area contributed by atoms with Crippen molar-refractivity contribution >= 4 is 34.6 Å². The third kappa shape index (κ3) is 6.06. The van der Waals surface area contributed by atoms with Crippen molar-refractivity contribution in [3.8, 4) is 11.1 Å². The average molecular weight is 550 g/mol. The van der Waals surface area contributed by atoms with Gasteiger partial charge >= 0.3 is 26.4 Å². The molecule has 0 spiro atoms. The summed E-state index contributed by atoms with van der Waals surface area (Å²) in [4.78, 5) is 0. The van der Waals surface area contributed by atoms with E-state index in [1.807, 2.05) is 6.07 Å². The summed E-state index contributed by atoms with van der Waals surface area (Å²) in [5, 5.41) is 6.89. The zero-order valence-corrected chi connectivity index (χ0v) is 23.1. The van der Waals surface area contributed by atoms with Gasteiger partial charge in [0.15, 0.2) is 0 Å². The average Bonchev–Trinajstić information content (AvgIpc) is 3.57. The van der Waals surface area contributed by atoms with E-state index in [9.17, 15) is 6.18 Å². The number of hydrogen-bond acceptors (Lipinski definition) is 0. The summed E-state index contributed by atoms with van der Waals surface area (Å²) in [6.07, 6.45) is 1.05. The van der Waals surface area contributed by atoms with Gasteiger partial charge in [0, 0.05) is 0 Å². The fraction of sp³-hybridized carbons (Fsp3) is 0.0294. The molecule has 0 saturated carbocycles.